The molecule has 1 aromatic carbocycles. The minimum atomic E-state index is -4.63. The molecular weight excluding hydrogens is 325 g/mol. The molecule has 124 valence electrons. The van der Waals surface area contributed by atoms with Crippen molar-refractivity contribution in [1.82, 2.24) is 15.0 Å². The van der Waals surface area contributed by atoms with Crippen molar-refractivity contribution in [3.05, 3.63) is 41.7 Å². The van der Waals surface area contributed by atoms with Gasteiger partial charge in [0.1, 0.15) is 5.56 Å². The summed E-state index contributed by atoms with van der Waals surface area (Å²) in [6.45, 7) is 0. The molecule has 0 bridgehead atoms. The Morgan fingerprint density at radius 3 is 2.75 bits per heavy atom. The van der Waals surface area contributed by atoms with Crippen LogP contribution in [0.5, 0.6) is 0 Å². The number of anilines is 1. The van der Waals surface area contributed by atoms with E-state index >= 15 is 0 Å². The highest BCUT2D eigenvalue weighted by Crippen LogP contribution is 2.38. The zero-order valence-corrected chi connectivity index (χ0v) is 12.3. The van der Waals surface area contributed by atoms with Gasteiger partial charge in [-0.25, -0.2) is 14.8 Å². The Labute approximate surface area is 133 Å². The van der Waals surface area contributed by atoms with Crippen molar-refractivity contribution in [2.45, 2.75) is 6.18 Å². The standard InChI is InChI=1S/C15H11F3N4O2/c1-24-13(23)7-2-3-8-9(5-20-11(8)4-7)12-10(15(16,17)18)6-21-14(19)22-12/h2-6,20H,1H3,(H2,19,21,22). The molecule has 6 nitrogen and oxygen atoms in total. The number of hydrogen-bond acceptors (Lipinski definition) is 5. The molecule has 0 saturated carbocycles. The molecule has 9 heteroatoms. The molecule has 0 radical (unpaired) electrons. The van der Waals surface area contributed by atoms with Crippen LogP contribution in [0.2, 0.25) is 0 Å². The number of nitrogens with zero attached hydrogens (tertiary/aromatic N) is 2. The van der Waals surface area contributed by atoms with Gasteiger partial charge < -0.3 is 15.5 Å². The number of aromatic nitrogens is 3. The summed E-state index contributed by atoms with van der Waals surface area (Å²) in [7, 11) is 1.24. The van der Waals surface area contributed by atoms with Gasteiger partial charge in [0, 0.05) is 28.9 Å². The fraction of sp³-hybridized carbons (Fsp3) is 0.133. The number of aromatic amines is 1. The summed E-state index contributed by atoms with van der Waals surface area (Å²) >= 11 is 0. The summed E-state index contributed by atoms with van der Waals surface area (Å²) in [5, 5.41) is 0.464. The van der Waals surface area contributed by atoms with Crippen molar-refractivity contribution in [2.24, 2.45) is 0 Å². The second-order valence-electron chi connectivity index (χ2n) is 4.94. The summed E-state index contributed by atoms with van der Waals surface area (Å²) in [4.78, 5) is 21.5. The summed E-state index contributed by atoms with van der Waals surface area (Å²) in [5.41, 5.74) is 5.08. The number of methoxy groups -OCH3 is 1. The van der Waals surface area contributed by atoms with E-state index in [1.54, 1.807) is 0 Å². The van der Waals surface area contributed by atoms with Gasteiger partial charge in [0.05, 0.1) is 18.4 Å². The number of nitrogens with one attached hydrogen (secondary N) is 1. The lowest BCUT2D eigenvalue weighted by atomic mass is 10.0. The zero-order chi connectivity index (χ0) is 17.5. The average molecular weight is 336 g/mol. The number of ether oxygens (including phenoxy) is 1. The van der Waals surface area contributed by atoms with Crippen molar-refractivity contribution in [2.75, 3.05) is 12.8 Å². The van der Waals surface area contributed by atoms with Crippen molar-refractivity contribution >= 4 is 22.8 Å². The minimum absolute atomic E-state index is 0.211. The predicted molar refractivity (Wildman–Crippen MR) is 80.1 cm³/mol. The molecule has 0 spiro atoms. The first-order valence-corrected chi connectivity index (χ1v) is 6.71. The van der Waals surface area contributed by atoms with Gasteiger partial charge in [-0.2, -0.15) is 13.2 Å². The molecule has 0 saturated heterocycles. The van der Waals surface area contributed by atoms with Crippen LogP contribution in [0, 0.1) is 0 Å². The number of carbonyl (C=O) groups is 1. The Morgan fingerprint density at radius 2 is 2.08 bits per heavy atom. The van der Waals surface area contributed by atoms with E-state index in [-0.39, 0.29) is 22.8 Å². The number of fused-ring (bicyclic) bond motifs is 1. The third-order valence-electron chi connectivity index (χ3n) is 3.47. The van der Waals surface area contributed by atoms with E-state index in [0.29, 0.717) is 17.1 Å². The molecule has 2 heterocycles. The zero-order valence-electron chi connectivity index (χ0n) is 12.3. The summed E-state index contributed by atoms with van der Waals surface area (Å²) in [6, 6.07) is 4.47. The number of nitrogen functional groups attached to an aromatic ring is 1. The van der Waals surface area contributed by atoms with E-state index in [9.17, 15) is 18.0 Å². The molecule has 0 aliphatic rings. The van der Waals surface area contributed by atoms with Crippen molar-refractivity contribution in [1.29, 1.82) is 0 Å². The SMILES string of the molecule is COC(=O)c1ccc2c(-c3nc(N)ncc3C(F)(F)F)c[nH]c2c1. The van der Waals surface area contributed by atoms with E-state index in [1.165, 1.54) is 31.5 Å². The maximum absolute atomic E-state index is 13.2. The van der Waals surface area contributed by atoms with Crippen LogP contribution >= 0.6 is 0 Å². The Kier molecular flexibility index (Phi) is 3.63. The third kappa shape index (κ3) is 2.64. The molecule has 2 aromatic heterocycles. The lowest BCUT2D eigenvalue weighted by molar-refractivity contribution is -0.137. The van der Waals surface area contributed by atoms with Gasteiger partial charge in [-0.3, -0.25) is 0 Å². The smallest absolute Gasteiger partial charge is 0.419 e. The van der Waals surface area contributed by atoms with E-state index in [4.69, 9.17) is 5.73 Å². The van der Waals surface area contributed by atoms with Crippen molar-refractivity contribution in [3.63, 3.8) is 0 Å². The van der Waals surface area contributed by atoms with Gasteiger partial charge in [-0.15, -0.1) is 0 Å². The lowest BCUT2D eigenvalue weighted by Crippen LogP contribution is -2.11. The van der Waals surface area contributed by atoms with Crippen LogP contribution in [0.15, 0.2) is 30.6 Å². The normalized spacial score (nSPS) is 11.7. The van der Waals surface area contributed by atoms with E-state index in [0.717, 1.165) is 0 Å². The lowest BCUT2D eigenvalue weighted by Gasteiger charge is -2.11. The number of H-pyrrole nitrogens is 1. The third-order valence-corrected chi connectivity index (χ3v) is 3.47. The first kappa shape index (κ1) is 15.8. The average Bonchev–Trinajstić information content (AvgIpc) is 2.95. The van der Waals surface area contributed by atoms with Crippen LogP contribution in [0.25, 0.3) is 22.2 Å². The Bertz CT molecular complexity index is 934. The topological polar surface area (TPSA) is 93.9 Å². The molecule has 0 fully saturated rings. The second kappa shape index (κ2) is 5.52. The van der Waals surface area contributed by atoms with Gasteiger partial charge in [0.15, 0.2) is 0 Å². The van der Waals surface area contributed by atoms with Crippen molar-refractivity contribution < 1.29 is 22.7 Å². The molecule has 3 rings (SSSR count). The first-order chi connectivity index (χ1) is 11.3. The Hall–Kier alpha value is -3.10. The Morgan fingerprint density at radius 1 is 1.33 bits per heavy atom. The van der Waals surface area contributed by atoms with E-state index in [2.05, 4.69) is 19.7 Å². The number of halogens is 3. The molecule has 0 unspecified atom stereocenters. The van der Waals surface area contributed by atoms with Crippen LogP contribution in [0.4, 0.5) is 19.1 Å². The van der Waals surface area contributed by atoms with Crippen LogP contribution in [0.3, 0.4) is 0 Å². The second-order valence-corrected chi connectivity index (χ2v) is 4.94. The monoisotopic (exact) mass is 336 g/mol. The first-order valence-electron chi connectivity index (χ1n) is 6.71. The maximum atomic E-state index is 13.2. The summed E-state index contributed by atoms with van der Waals surface area (Å²) in [5.74, 6) is -0.811. The minimum Gasteiger partial charge on any atom is -0.465 e. The highest BCUT2D eigenvalue weighted by Gasteiger charge is 2.36. The fourth-order valence-corrected chi connectivity index (χ4v) is 2.38. The number of carbonyl (C=O) groups excluding carboxylic acids is 1. The van der Waals surface area contributed by atoms with E-state index < -0.39 is 17.7 Å². The van der Waals surface area contributed by atoms with Gasteiger partial charge in [-0.05, 0) is 12.1 Å². The maximum Gasteiger partial charge on any atom is 0.419 e. The number of nitrogens with two attached hydrogens (primary N) is 1. The molecule has 0 aliphatic carbocycles. The van der Waals surface area contributed by atoms with Crippen LogP contribution in [-0.2, 0) is 10.9 Å². The van der Waals surface area contributed by atoms with Gasteiger partial charge >= 0.3 is 12.1 Å². The molecule has 0 amide bonds. The fourth-order valence-electron chi connectivity index (χ4n) is 2.38. The van der Waals surface area contributed by atoms with E-state index in [1.807, 2.05) is 0 Å². The highest BCUT2D eigenvalue weighted by molar-refractivity contribution is 6.00. The number of alkyl halides is 3. The molecule has 24 heavy (non-hydrogen) atoms. The molecule has 3 N–H and O–H groups in total. The highest BCUT2D eigenvalue weighted by atomic mass is 19.4. The van der Waals surface area contributed by atoms with Gasteiger partial charge in [0.25, 0.3) is 0 Å². The van der Waals surface area contributed by atoms with Crippen LogP contribution in [-0.4, -0.2) is 28.0 Å². The van der Waals surface area contributed by atoms with Crippen molar-refractivity contribution in [3.8, 4) is 11.3 Å². The summed E-state index contributed by atoms with van der Waals surface area (Å²) in [6.07, 6.45) is -2.60. The predicted octanol–water partition coefficient (Wildman–Crippen LogP) is 3.01. The number of benzene rings is 1. The quantitative estimate of drug-likeness (QED) is 0.702. The number of rotatable bonds is 2. The largest absolute Gasteiger partial charge is 0.465 e. The Balaban J connectivity index is 2.21. The molecule has 0 aliphatic heterocycles. The molecular formula is C15H11F3N4O2. The molecule has 3 aromatic rings. The van der Waals surface area contributed by atoms with Gasteiger partial charge in [-0.1, -0.05) is 6.07 Å². The van der Waals surface area contributed by atoms with Crippen LogP contribution < -0.4 is 5.73 Å². The van der Waals surface area contributed by atoms with Crippen LogP contribution in [0.1, 0.15) is 15.9 Å². The number of esters is 1. The van der Waals surface area contributed by atoms with Gasteiger partial charge in [0.2, 0.25) is 5.95 Å². The molecule has 0 atom stereocenters. The summed E-state index contributed by atoms with van der Waals surface area (Å²) < 4.78 is 44.2. The number of hydrogen-bond donors (Lipinski definition) is 2.